The standard InChI is InChI=1S/C29H28N6O/c1-29(2,3)20-11-13-24-25-14-12-23(18-27(25)35(26(24)16-20)28-10-5-6-15-30-28)36-22-9-7-8-21(17-22)34-19-31-33(4)32-34/h5-19,32H,1-4H3. The fourth-order valence-corrected chi connectivity index (χ4v) is 4.56. The van der Waals surface area contributed by atoms with E-state index in [2.05, 4.69) is 71.3 Å². The normalized spacial score (nSPS) is 13.8. The molecule has 0 fully saturated rings. The highest BCUT2D eigenvalue weighted by Crippen LogP contribution is 2.37. The summed E-state index contributed by atoms with van der Waals surface area (Å²) < 4.78 is 8.56. The molecule has 180 valence electrons. The average molecular weight is 477 g/mol. The van der Waals surface area contributed by atoms with Crippen molar-refractivity contribution in [2.24, 2.45) is 5.10 Å². The number of hydrogen-bond donors (Lipinski definition) is 1. The minimum absolute atomic E-state index is 0.0442. The molecule has 3 heterocycles. The second-order valence-corrected chi connectivity index (χ2v) is 10.0. The van der Waals surface area contributed by atoms with Crippen LogP contribution in [-0.2, 0) is 5.41 Å². The number of nitrogens with one attached hydrogen (secondary N) is 1. The molecule has 0 spiro atoms. The maximum atomic E-state index is 6.33. The molecule has 7 heteroatoms. The summed E-state index contributed by atoms with van der Waals surface area (Å²) >= 11 is 0. The van der Waals surface area contributed by atoms with Gasteiger partial charge in [-0.05, 0) is 53.4 Å². The van der Waals surface area contributed by atoms with E-state index in [1.165, 1.54) is 10.9 Å². The van der Waals surface area contributed by atoms with Crippen molar-refractivity contribution in [3.63, 3.8) is 0 Å². The van der Waals surface area contributed by atoms with E-state index in [-0.39, 0.29) is 5.41 Å². The van der Waals surface area contributed by atoms with Crippen LogP contribution in [-0.4, -0.2) is 28.1 Å². The van der Waals surface area contributed by atoms with Crippen LogP contribution < -0.4 is 15.3 Å². The Bertz CT molecular complexity index is 1600. The van der Waals surface area contributed by atoms with Crippen LogP contribution >= 0.6 is 0 Å². The second-order valence-electron chi connectivity index (χ2n) is 10.0. The first kappa shape index (κ1) is 22.1. The van der Waals surface area contributed by atoms with Crippen molar-refractivity contribution in [1.82, 2.24) is 20.2 Å². The lowest BCUT2D eigenvalue weighted by molar-refractivity contribution is 0.279. The topological polar surface area (TPSA) is 57.9 Å². The maximum absolute atomic E-state index is 6.33. The van der Waals surface area contributed by atoms with Crippen molar-refractivity contribution >= 4 is 33.8 Å². The molecule has 0 aliphatic carbocycles. The van der Waals surface area contributed by atoms with E-state index in [1.54, 1.807) is 11.5 Å². The predicted octanol–water partition coefficient (Wildman–Crippen LogP) is 6.38. The number of fused-ring (bicyclic) bond motifs is 3. The van der Waals surface area contributed by atoms with Crippen molar-refractivity contribution in [2.75, 3.05) is 12.1 Å². The van der Waals surface area contributed by atoms with Crippen molar-refractivity contribution in [3.05, 3.63) is 90.6 Å². The predicted molar refractivity (Wildman–Crippen MR) is 146 cm³/mol. The third-order valence-electron chi connectivity index (χ3n) is 6.41. The lowest BCUT2D eigenvalue weighted by Gasteiger charge is -2.19. The van der Waals surface area contributed by atoms with Crippen LogP contribution in [0.25, 0.3) is 27.6 Å². The van der Waals surface area contributed by atoms with Gasteiger partial charge in [0.05, 0.1) is 16.7 Å². The Kier molecular flexibility index (Phi) is 5.16. The highest BCUT2D eigenvalue weighted by molar-refractivity contribution is 6.09. The quantitative estimate of drug-likeness (QED) is 0.326. The van der Waals surface area contributed by atoms with Crippen LogP contribution in [0.15, 0.2) is 90.2 Å². The van der Waals surface area contributed by atoms with E-state index in [1.807, 2.05) is 66.8 Å². The van der Waals surface area contributed by atoms with Crippen LogP contribution in [0.4, 0.5) is 5.69 Å². The Balaban J connectivity index is 1.46. The summed E-state index contributed by atoms with van der Waals surface area (Å²) in [4.78, 5) is 4.68. The smallest absolute Gasteiger partial charge is 0.137 e. The molecule has 5 aromatic rings. The van der Waals surface area contributed by atoms with Crippen LogP contribution in [0.1, 0.15) is 26.3 Å². The largest absolute Gasteiger partial charge is 0.457 e. The van der Waals surface area contributed by atoms with E-state index < -0.39 is 0 Å². The van der Waals surface area contributed by atoms with Crippen LogP contribution in [0.2, 0.25) is 0 Å². The van der Waals surface area contributed by atoms with Gasteiger partial charge >= 0.3 is 0 Å². The van der Waals surface area contributed by atoms with Crippen LogP contribution in [0.5, 0.6) is 11.5 Å². The lowest BCUT2D eigenvalue weighted by Crippen LogP contribution is -2.38. The van der Waals surface area contributed by atoms with Crippen molar-refractivity contribution in [3.8, 4) is 17.3 Å². The molecule has 7 nitrogen and oxygen atoms in total. The van der Waals surface area contributed by atoms with Gasteiger partial charge < -0.3 is 4.74 Å². The van der Waals surface area contributed by atoms with Crippen LogP contribution in [0, 0.1) is 0 Å². The molecule has 0 amide bonds. The Labute approximate surface area is 210 Å². The average Bonchev–Trinajstić information content (AvgIpc) is 3.44. The number of hydrazine groups is 2. The number of hydrazone groups is 1. The van der Waals surface area contributed by atoms with Gasteiger partial charge in [0.1, 0.15) is 23.7 Å². The van der Waals surface area contributed by atoms with Crippen molar-refractivity contribution in [2.45, 2.75) is 26.2 Å². The monoisotopic (exact) mass is 476 g/mol. The molecule has 36 heavy (non-hydrogen) atoms. The first-order chi connectivity index (χ1) is 17.4. The molecule has 6 rings (SSSR count). The molecule has 0 saturated heterocycles. The number of aromatic nitrogens is 2. The zero-order chi connectivity index (χ0) is 24.9. The minimum Gasteiger partial charge on any atom is -0.457 e. The molecule has 0 radical (unpaired) electrons. The van der Waals surface area contributed by atoms with Crippen molar-refractivity contribution < 1.29 is 4.74 Å². The summed E-state index contributed by atoms with van der Waals surface area (Å²) in [6.07, 6.45) is 3.56. The van der Waals surface area contributed by atoms with Crippen LogP contribution in [0.3, 0.4) is 0 Å². The fourth-order valence-electron chi connectivity index (χ4n) is 4.56. The highest BCUT2D eigenvalue weighted by atomic mass is 16.5. The number of benzene rings is 3. The zero-order valence-electron chi connectivity index (χ0n) is 20.8. The fraction of sp³-hybridized carbons (Fsp3) is 0.172. The number of pyridine rings is 1. The van der Waals surface area contributed by atoms with Gasteiger partial charge in [-0.15, -0.1) is 10.6 Å². The van der Waals surface area contributed by atoms with Gasteiger partial charge in [0, 0.05) is 36.1 Å². The molecule has 1 aliphatic heterocycles. The summed E-state index contributed by atoms with van der Waals surface area (Å²) in [5.74, 6) is 2.38. The van der Waals surface area contributed by atoms with E-state index in [0.717, 1.165) is 39.4 Å². The van der Waals surface area contributed by atoms with Gasteiger partial charge in [-0.3, -0.25) is 4.57 Å². The summed E-state index contributed by atoms with van der Waals surface area (Å²) in [5.41, 5.74) is 7.57. The van der Waals surface area contributed by atoms with Gasteiger partial charge in [0.2, 0.25) is 0 Å². The number of hydrogen-bond acceptors (Lipinski definition) is 6. The molecule has 0 unspecified atom stereocenters. The first-order valence-electron chi connectivity index (χ1n) is 12.0. The third kappa shape index (κ3) is 3.93. The molecule has 0 atom stereocenters. The molecule has 1 aliphatic rings. The summed E-state index contributed by atoms with van der Waals surface area (Å²) in [6, 6.07) is 26.9. The molecule has 0 saturated carbocycles. The Hall–Kier alpha value is -4.36. The Morgan fingerprint density at radius 1 is 0.806 bits per heavy atom. The van der Waals surface area contributed by atoms with Gasteiger partial charge in [-0.2, -0.15) is 0 Å². The lowest BCUT2D eigenvalue weighted by atomic mass is 9.86. The van der Waals surface area contributed by atoms with Gasteiger partial charge in [0.25, 0.3) is 0 Å². The summed E-state index contributed by atoms with van der Waals surface area (Å²) in [5, 5.41) is 10.0. The number of anilines is 1. The number of nitrogens with zero attached hydrogens (tertiary/aromatic N) is 5. The zero-order valence-corrected chi connectivity index (χ0v) is 20.8. The number of rotatable bonds is 4. The first-order valence-corrected chi connectivity index (χ1v) is 12.0. The number of ether oxygens (including phenoxy) is 1. The minimum atomic E-state index is 0.0442. The van der Waals surface area contributed by atoms with E-state index >= 15 is 0 Å². The maximum Gasteiger partial charge on any atom is 0.137 e. The Morgan fingerprint density at radius 3 is 2.31 bits per heavy atom. The van der Waals surface area contributed by atoms with E-state index in [9.17, 15) is 0 Å². The molecule has 1 N–H and O–H groups in total. The van der Waals surface area contributed by atoms with Gasteiger partial charge in [0.15, 0.2) is 0 Å². The highest BCUT2D eigenvalue weighted by Gasteiger charge is 2.19. The Morgan fingerprint density at radius 2 is 1.58 bits per heavy atom. The molecule has 3 aromatic carbocycles. The molecular weight excluding hydrogens is 448 g/mol. The molecule has 0 bridgehead atoms. The van der Waals surface area contributed by atoms with Gasteiger partial charge in [-0.25, -0.2) is 15.1 Å². The summed E-state index contributed by atoms with van der Waals surface area (Å²) in [7, 11) is 1.84. The van der Waals surface area contributed by atoms with Crippen molar-refractivity contribution in [1.29, 1.82) is 0 Å². The van der Waals surface area contributed by atoms with E-state index in [4.69, 9.17) is 4.74 Å². The summed E-state index contributed by atoms with van der Waals surface area (Å²) in [6.45, 7) is 6.72. The molecular formula is C29H28N6O. The SMILES string of the molecule is CN1N=CN(c2cccc(Oc3ccc4c5ccc(C(C)(C)C)cc5n(-c5ccccn5)c4c3)c2)N1. The third-order valence-corrected chi connectivity index (χ3v) is 6.41. The second kappa shape index (κ2) is 8.39. The van der Waals surface area contributed by atoms with Gasteiger partial charge in [-0.1, -0.05) is 45.0 Å². The molecule has 2 aromatic heterocycles. The van der Waals surface area contributed by atoms with E-state index in [0.29, 0.717) is 0 Å².